The van der Waals surface area contributed by atoms with Crippen LogP contribution < -0.4 is 5.32 Å². The molecule has 138 valence electrons. The summed E-state index contributed by atoms with van der Waals surface area (Å²) in [4.78, 5) is 15.2. The van der Waals surface area contributed by atoms with Crippen LogP contribution in [-0.2, 0) is 0 Å². The fourth-order valence-corrected chi connectivity index (χ4v) is 6.17. The maximum atomic E-state index is 13.1. The first-order valence-corrected chi connectivity index (χ1v) is 10.7. The van der Waals surface area contributed by atoms with Gasteiger partial charge in [0.25, 0.3) is 5.91 Å². The Bertz CT molecular complexity index is 613. The van der Waals surface area contributed by atoms with E-state index in [1.165, 1.54) is 32.1 Å². The van der Waals surface area contributed by atoms with Gasteiger partial charge < -0.3 is 10.2 Å². The summed E-state index contributed by atoms with van der Waals surface area (Å²) in [6.07, 6.45) is 8.58. The monoisotopic (exact) mass is 363 g/mol. The van der Waals surface area contributed by atoms with E-state index in [1.807, 2.05) is 16.5 Å². The molecular formula is C18H29N5OS. The average molecular weight is 364 g/mol. The fourth-order valence-electron chi connectivity index (χ4n) is 4.60. The predicted octanol–water partition coefficient (Wildman–Crippen LogP) is 2.40. The maximum absolute atomic E-state index is 13.1. The standard InChI is InChI=1S/C18H29N5OS/c1-14-16(20-21-23(14)15-5-9-19-10-6-15)17(24)22-11-12-25-18(13-22)7-3-2-4-8-18/h15,19H,2-13H2,1H3. The Balaban J connectivity index is 1.49. The summed E-state index contributed by atoms with van der Waals surface area (Å²) in [7, 11) is 0. The molecule has 0 radical (unpaired) electrons. The molecule has 1 amide bonds. The number of hydrogen-bond donors (Lipinski definition) is 1. The first kappa shape index (κ1) is 17.3. The van der Waals surface area contributed by atoms with E-state index in [9.17, 15) is 4.79 Å². The molecule has 1 aliphatic carbocycles. The number of carbonyl (C=O) groups excluding carboxylic acids is 1. The number of piperidine rings is 1. The molecule has 3 heterocycles. The van der Waals surface area contributed by atoms with Crippen LogP contribution in [0, 0.1) is 6.92 Å². The summed E-state index contributed by atoms with van der Waals surface area (Å²) in [6, 6.07) is 0.372. The summed E-state index contributed by atoms with van der Waals surface area (Å²) in [6.45, 7) is 5.75. The molecule has 4 rings (SSSR count). The highest BCUT2D eigenvalue weighted by Gasteiger charge is 2.39. The molecule has 0 unspecified atom stereocenters. The lowest BCUT2D eigenvalue weighted by molar-refractivity contribution is 0.0723. The van der Waals surface area contributed by atoms with Gasteiger partial charge in [0.15, 0.2) is 5.69 Å². The van der Waals surface area contributed by atoms with Crippen molar-refractivity contribution >= 4 is 17.7 Å². The molecule has 2 saturated heterocycles. The molecule has 3 fully saturated rings. The third-order valence-corrected chi connectivity index (χ3v) is 7.62. The van der Waals surface area contributed by atoms with Gasteiger partial charge in [0.1, 0.15) is 0 Å². The number of amides is 1. The van der Waals surface area contributed by atoms with Crippen LogP contribution in [0.1, 0.15) is 67.2 Å². The van der Waals surface area contributed by atoms with Crippen LogP contribution in [0.25, 0.3) is 0 Å². The van der Waals surface area contributed by atoms with E-state index in [0.717, 1.165) is 50.5 Å². The van der Waals surface area contributed by atoms with Gasteiger partial charge in [-0.1, -0.05) is 24.5 Å². The second-order valence-corrected chi connectivity index (χ2v) is 9.33. The summed E-state index contributed by atoms with van der Waals surface area (Å²) in [5, 5.41) is 12.0. The molecule has 1 spiro atoms. The maximum Gasteiger partial charge on any atom is 0.276 e. The smallest absolute Gasteiger partial charge is 0.276 e. The average Bonchev–Trinajstić information content (AvgIpc) is 3.04. The molecule has 1 aromatic heterocycles. The summed E-state index contributed by atoms with van der Waals surface area (Å²) in [5.41, 5.74) is 1.50. The zero-order valence-electron chi connectivity index (χ0n) is 15.2. The topological polar surface area (TPSA) is 63.1 Å². The van der Waals surface area contributed by atoms with Crippen molar-refractivity contribution in [2.75, 3.05) is 31.9 Å². The van der Waals surface area contributed by atoms with Crippen LogP contribution >= 0.6 is 11.8 Å². The van der Waals surface area contributed by atoms with Crippen LogP contribution in [0.15, 0.2) is 0 Å². The number of aromatic nitrogens is 3. The Morgan fingerprint density at radius 3 is 2.76 bits per heavy atom. The molecule has 1 aromatic rings. The summed E-state index contributed by atoms with van der Waals surface area (Å²) >= 11 is 2.09. The Hall–Kier alpha value is -1.08. The van der Waals surface area contributed by atoms with Gasteiger partial charge in [-0.05, 0) is 45.7 Å². The predicted molar refractivity (Wildman–Crippen MR) is 100 cm³/mol. The number of nitrogens with zero attached hydrogens (tertiary/aromatic N) is 4. The molecule has 3 aliphatic rings. The molecule has 1 N–H and O–H groups in total. The molecule has 0 bridgehead atoms. The number of thioether (sulfide) groups is 1. The van der Waals surface area contributed by atoms with Gasteiger partial charge in [-0.25, -0.2) is 4.68 Å². The van der Waals surface area contributed by atoms with Crippen molar-refractivity contribution in [3.05, 3.63) is 11.4 Å². The van der Waals surface area contributed by atoms with E-state index < -0.39 is 0 Å². The first-order valence-electron chi connectivity index (χ1n) is 9.74. The molecule has 0 atom stereocenters. The van der Waals surface area contributed by atoms with E-state index in [0.29, 0.717) is 16.5 Å². The Morgan fingerprint density at radius 2 is 2.00 bits per heavy atom. The highest BCUT2D eigenvalue weighted by atomic mass is 32.2. The van der Waals surface area contributed by atoms with Crippen molar-refractivity contribution < 1.29 is 4.79 Å². The Labute approximate surface area is 154 Å². The van der Waals surface area contributed by atoms with Crippen LogP contribution in [0.2, 0.25) is 0 Å². The van der Waals surface area contributed by atoms with E-state index in [2.05, 4.69) is 27.4 Å². The van der Waals surface area contributed by atoms with Gasteiger partial charge in [0.2, 0.25) is 0 Å². The third-order valence-electron chi connectivity index (χ3n) is 6.09. The van der Waals surface area contributed by atoms with Crippen LogP contribution in [0.4, 0.5) is 0 Å². The lowest BCUT2D eigenvalue weighted by atomic mass is 9.87. The first-order chi connectivity index (χ1) is 12.2. The Kier molecular flexibility index (Phi) is 5.04. The highest BCUT2D eigenvalue weighted by molar-refractivity contribution is 8.00. The minimum atomic E-state index is 0.0860. The van der Waals surface area contributed by atoms with Crippen molar-refractivity contribution in [2.45, 2.75) is 62.7 Å². The molecule has 2 aliphatic heterocycles. The summed E-state index contributed by atoms with van der Waals surface area (Å²) in [5.74, 6) is 1.13. The van der Waals surface area contributed by atoms with Crippen molar-refractivity contribution in [1.29, 1.82) is 0 Å². The zero-order chi connectivity index (χ0) is 17.3. The van der Waals surface area contributed by atoms with Gasteiger partial charge in [0.05, 0.1) is 11.7 Å². The molecule has 6 nitrogen and oxygen atoms in total. The van der Waals surface area contributed by atoms with Crippen LogP contribution in [-0.4, -0.2) is 62.5 Å². The molecule has 1 saturated carbocycles. The quantitative estimate of drug-likeness (QED) is 0.874. The van der Waals surface area contributed by atoms with Gasteiger partial charge in [-0.3, -0.25) is 4.79 Å². The van der Waals surface area contributed by atoms with Gasteiger partial charge in [-0.15, -0.1) is 5.10 Å². The fraction of sp³-hybridized carbons (Fsp3) is 0.833. The van der Waals surface area contributed by atoms with E-state index in [4.69, 9.17) is 0 Å². The van der Waals surface area contributed by atoms with Crippen molar-refractivity contribution in [2.24, 2.45) is 0 Å². The zero-order valence-corrected chi connectivity index (χ0v) is 16.0. The minimum Gasteiger partial charge on any atom is -0.335 e. The number of carbonyl (C=O) groups is 1. The number of nitrogens with one attached hydrogen (secondary N) is 1. The van der Waals surface area contributed by atoms with Crippen molar-refractivity contribution in [3.63, 3.8) is 0 Å². The van der Waals surface area contributed by atoms with E-state index in [1.54, 1.807) is 0 Å². The molecule has 0 aromatic carbocycles. The van der Waals surface area contributed by atoms with Gasteiger partial charge in [0, 0.05) is 23.6 Å². The second-order valence-electron chi connectivity index (χ2n) is 7.77. The highest BCUT2D eigenvalue weighted by Crippen LogP contribution is 2.43. The number of hydrogen-bond acceptors (Lipinski definition) is 5. The van der Waals surface area contributed by atoms with Crippen molar-refractivity contribution in [1.82, 2.24) is 25.2 Å². The number of rotatable bonds is 2. The molecule has 25 heavy (non-hydrogen) atoms. The Morgan fingerprint density at radius 1 is 1.24 bits per heavy atom. The van der Waals surface area contributed by atoms with E-state index >= 15 is 0 Å². The lowest BCUT2D eigenvalue weighted by Crippen LogP contribution is -2.50. The van der Waals surface area contributed by atoms with E-state index in [-0.39, 0.29) is 5.91 Å². The summed E-state index contributed by atoms with van der Waals surface area (Å²) < 4.78 is 2.29. The molecular weight excluding hydrogens is 334 g/mol. The SMILES string of the molecule is Cc1c(C(=O)N2CCSC3(CCCCC3)C2)nnn1C1CCNCC1. The minimum absolute atomic E-state index is 0.0860. The van der Waals surface area contributed by atoms with Crippen molar-refractivity contribution in [3.8, 4) is 0 Å². The third kappa shape index (κ3) is 3.45. The van der Waals surface area contributed by atoms with Crippen LogP contribution in [0.3, 0.4) is 0 Å². The lowest BCUT2D eigenvalue weighted by Gasteiger charge is -2.44. The second kappa shape index (κ2) is 7.27. The van der Waals surface area contributed by atoms with Gasteiger partial charge >= 0.3 is 0 Å². The van der Waals surface area contributed by atoms with Gasteiger partial charge in [-0.2, -0.15) is 11.8 Å². The molecule has 7 heteroatoms. The van der Waals surface area contributed by atoms with Crippen LogP contribution in [0.5, 0.6) is 0 Å². The largest absolute Gasteiger partial charge is 0.335 e. The normalized spacial score (nSPS) is 24.6.